The van der Waals surface area contributed by atoms with Crippen LogP contribution >= 0.6 is 0 Å². The molecule has 292 valence electrons. The second-order valence-corrected chi connectivity index (χ2v) is 23.9. The van der Waals surface area contributed by atoms with Gasteiger partial charge in [0, 0.05) is 0 Å². The van der Waals surface area contributed by atoms with E-state index in [0.717, 1.165) is 0 Å². The fourth-order valence-corrected chi connectivity index (χ4v) is 18.7. The summed E-state index contributed by atoms with van der Waals surface area (Å²) in [6, 6.07) is 75.3. The van der Waals surface area contributed by atoms with E-state index < -0.39 is 40.9 Å². The fourth-order valence-electron chi connectivity index (χ4n) is 12.2. The summed E-state index contributed by atoms with van der Waals surface area (Å²) in [5, 5.41) is 19.1. The molecule has 0 saturated heterocycles. The van der Waals surface area contributed by atoms with Crippen molar-refractivity contribution in [1.82, 2.24) is 0 Å². The maximum absolute atomic E-state index is 2.55. The first-order valence-corrected chi connectivity index (χ1v) is 26.8. The van der Waals surface area contributed by atoms with Crippen LogP contribution in [0.1, 0.15) is 0 Å². The molecule has 12 aromatic carbocycles. The van der Waals surface area contributed by atoms with Gasteiger partial charge >= 0.3 is 391 Å². The molecule has 0 bridgehead atoms. The third-order valence-electron chi connectivity index (χ3n) is 14.7. The van der Waals surface area contributed by atoms with Crippen molar-refractivity contribution in [2.24, 2.45) is 0 Å². The Hall–Kier alpha value is -6.48. The molecule has 16 rings (SSSR count). The van der Waals surface area contributed by atoms with Gasteiger partial charge in [0.1, 0.15) is 0 Å². The minimum absolute atomic E-state index is 0.482. The standard InChI is InChI=1S/C62H32Te2/c1-3-23-51-41(15-1)57-45(21-9-25-53(57)63-51)59-39-29-27-36-35(47(39)31-49-37-17-5-11-33-13-7-19-43(55(33)37)61(49)59)28-30-40-48(36)32-50-38-18-6-12-34-14-8-20-44(56(34)38)62(50)60(40)46-22-10-26-54-58(46)42-16-2-4-24-52(42)64-54/h1-32H. The summed E-state index contributed by atoms with van der Waals surface area (Å²) in [6.45, 7) is 0. The summed E-state index contributed by atoms with van der Waals surface area (Å²) >= 11 is -0.963. The molecule has 0 aliphatic heterocycles. The molecular formula is C62H32Te2. The van der Waals surface area contributed by atoms with Crippen LogP contribution < -0.4 is 0 Å². The summed E-state index contributed by atoms with van der Waals surface area (Å²) in [6.07, 6.45) is 0. The van der Waals surface area contributed by atoms with Crippen LogP contribution in [-0.4, -0.2) is 40.9 Å². The van der Waals surface area contributed by atoms with Gasteiger partial charge in [0.2, 0.25) is 0 Å². The predicted octanol–water partition coefficient (Wildman–Crippen LogP) is 16.8. The molecule has 14 aromatic rings. The van der Waals surface area contributed by atoms with Gasteiger partial charge in [0.15, 0.2) is 0 Å². The molecular weight excluding hydrogens is 1000 g/mol. The van der Waals surface area contributed by atoms with Crippen molar-refractivity contribution < 1.29 is 0 Å². The van der Waals surface area contributed by atoms with Crippen LogP contribution in [-0.2, 0) is 0 Å². The van der Waals surface area contributed by atoms with Gasteiger partial charge in [-0.25, -0.2) is 0 Å². The number of hydrogen-bond acceptors (Lipinski definition) is 0. The first-order valence-electron chi connectivity index (χ1n) is 22.2. The Balaban J connectivity index is 1.08. The first-order chi connectivity index (χ1) is 31.8. The van der Waals surface area contributed by atoms with E-state index in [-0.39, 0.29) is 0 Å². The molecule has 0 fully saturated rings. The second-order valence-electron chi connectivity index (χ2n) is 17.7. The summed E-state index contributed by atoms with van der Waals surface area (Å²) < 4.78 is 6.19. The molecule has 0 radical (unpaired) electrons. The van der Waals surface area contributed by atoms with Gasteiger partial charge < -0.3 is 0 Å². The van der Waals surface area contributed by atoms with Crippen molar-refractivity contribution in [3.05, 3.63) is 194 Å². The van der Waals surface area contributed by atoms with Crippen molar-refractivity contribution in [3.8, 4) is 66.8 Å². The topological polar surface area (TPSA) is 0 Å². The van der Waals surface area contributed by atoms with Crippen LogP contribution in [0.15, 0.2) is 194 Å². The molecule has 2 aromatic heterocycles. The van der Waals surface area contributed by atoms with Gasteiger partial charge in [0.05, 0.1) is 0 Å². The van der Waals surface area contributed by atoms with Gasteiger partial charge in [-0.05, 0) is 0 Å². The monoisotopic (exact) mass is 1040 g/mol. The fraction of sp³-hybridized carbons (Fsp3) is 0. The molecule has 2 aliphatic carbocycles. The number of fused-ring (bicyclic) bond motifs is 17. The molecule has 0 atom stereocenters. The van der Waals surface area contributed by atoms with E-state index >= 15 is 0 Å². The molecule has 0 N–H and O–H groups in total. The number of benzene rings is 12. The van der Waals surface area contributed by atoms with Crippen molar-refractivity contribution in [2.75, 3.05) is 0 Å². The number of rotatable bonds is 2. The van der Waals surface area contributed by atoms with Gasteiger partial charge in [-0.1, -0.05) is 0 Å². The molecule has 0 spiro atoms. The van der Waals surface area contributed by atoms with E-state index in [0.29, 0.717) is 0 Å². The Labute approximate surface area is 387 Å². The van der Waals surface area contributed by atoms with E-state index in [1.807, 2.05) is 0 Å². The van der Waals surface area contributed by atoms with E-state index in [4.69, 9.17) is 0 Å². The first kappa shape index (κ1) is 34.9. The van der Waals surface area contributed by atoms with Gasteiger partial charge in [-0.2, -0.15) is 0 Å². The zero-order valence-electron chi connectivity index (χ0n) is 34.3. The zero-order valence-corrected chi connectivity index (χ0v) is 39.0. The summed E-state index contributed by atoms with van der Waals surface area (Å²) in [4.78, 5) is 0. The van der Waals surface area contributed by atoms with E-state index in [1.54, 1.807) is 13.6 Å². The average Bonchev–Trinajstić information content (AvgIpc) is 4.10. The predicted molar refractivity (Wildman–Crippen MR) is 278 cm³/mol. The van der Waals surface area contributed by atoms with Crippen LogP contribution in [0.5, 0.6) is 0 Å². The van der Waals surface area contributed by atoms with Crippen molar-refractivity contribution in [3.63, 3.8) is 0 Å². The Bertz CT molecular complexity index is 4180. The van der Waals surface area contributed by atoms with Crippen molar-refractivity contribution in [1.29, 1.82) is 0 Å². The summed E-state index contributed by atoms with van der Waals surface area (Å²) in [7, 11) is 0. The maximum atomic E-state index is 2.55. The Morgan fingerprint density at radius 2 is 0.562 bits per heavy atom. The van der Waals surface area contributed by atoms with Crippen LogP contribution in [0, 0.1) is 0 Å². The molecule has 2 heterocycles. The quantitative estimate of drug-likeness (QED) is 0.120. The molecule has 0 unspecified atom stereocenters. The second kappa shape index (κ2) is 12.6. The third kappa shape index (κ3) is 4.41. The Morgan fingerprint density at radius 1 is 0.203 bits per heavy atom. The molecule has 0 saturated carbocycles. The summed E-state index contributed by atoms with van der Waals surface area (Å²) in [5.41, 5.74) is 16.3. The minimum atomic E-state index is -0.482. The average molecular weight is 1030 g/mol. The van der Waals surface area contributed by atoms with Crippen LogP contribution in [0.25, 0.3) is 156 Å². The van der Waals surface area contributed by atoms with Crippen molar-refractivity contribution >= 4 is 130 Å². The van der Waals surface area contributed by atoms with Crippen LogP contribution in [0.4, 0.5) is 0 Å². The summed E-state index contributed by atoms with van der Waals surface area (Å²) in [5.74, 6) is 0. The molecule has 2 aliphatic rings. The molecule has 0 amide bonds. The molecule has 64 heavy (non-hydrogen) atoms. The van der Waals surface area contributed by atoms with E-state index in [1.165, 1.54) is 142 Å². The van der Waals surface area contributed by atoms with E-state index in [9.17, 15) is 0 Å². The third-order valence-corrected chi connectivity index (χ3v) is 21.2. The zero-order chi connectivity index (χ0) is 41.4. The molecule has 2 heteroatoms. The van der Waals surface area contributed by atoms with Gasteiger partial charge in [-0.3, -0.25) is 0 Å². The van der Waals surface area contributed by atoms with Crippen molar-refractivity contribution in [2.45, 2.75) is 0 Å². The molecule has 0 nitrogen and oxygen atoms in total. The number of hydrogen-bond donors (Lipinski definition) is 0. The van der Waals surface area contributed by atoms with E-state index in [2.05, 4.69) is 194 Å². The van der Waals surface area contributed by atoms with Crippen LogP contribution in [0.2, 0.25) is 0 Å². The normalized spacial score (nSPS) is 12.7. The Kier molecular flexibility index (Phi) is 6.89. The SMILES string of the molecule is c1cc2c3c(cccc3c1)-c1c-2cc2c(ccc3c4cc5c(c(-c6cccc7[te]c8ccccc8c67)c4ccc23)-c2cccc3cccc-5c23)c1-c1cccc2[te]c3ccccc3c12. The Morgan fingerprint density at radius 3 is 1.02 bits per heavy atom. The van der Waals surface area contributed by atoms with Gasteiger partial charge in [-0.15, -0.1) is 0 Å². The van der Waals surface area contributed by atoms with Gasteiger partial charge in [0.25, 0.3) is 0 Å². The van der Waals surface area contributed by atoms with Crippen LogP contribution in [0.3, 0.4) is 0 Å².